The van der Waals surface area contributed by atoms with Gasteiger partial charge in [-0.25, -0.2) is 4.98 Å². The molecule has 0 radical (unpaired) electrons. The summed E-state index contributed by atoms with van der Waals surface area (Å²) in [6.07, 6.45) is 5.47. The molecule has 158 valence electrons. The molecule has 1 aliphatic heterocycles. The number of nitrogens with one attached hydrogen (secondary N) is 1. The zero-order valence-corrected chi connectivity index (χ0v) is 18.3. The van der Waals surface area contributed by atoms with Crippen LogP contribution in [0.5, 0.6) is 0 Å². The third kappa shape index (κ3) is 7.26. The molecule has 1 N–H and O–H groups in total. The van der Waals surface area contributed by atoms with E-state index in [1.54, 1.807) is 0 Å². The van der Waals surface area contributed by atoms with Crippen molar-refractivity contribution in [2.45, 2.75) is 52.4 Å². The summed E-state index contributed by atoms with van der Waals surface area (Å²) in [5, 5.41) is 4.45. The number of rotatable bonds is 10. The van der Waals surface area contributed by atoms with E-state index in [9.17, 15) is 4.79 Å². The summed E-state index contributed by atoms with van der Waals surface area (Å²) >= 11 is 1.50. The zero-order valence-electron chi connectivity index (χ0n) is 17.4. The van der Waals surface area contributed by atoms with Gasteiger partial charge in [0.05, 0.1) is 7.11 Å². The molecule has 9 heteroatoms. The summed E-state index contributed by atoms with van der Waals surface area (Å²) in [4.78, 5) is 25.1. The number of hydrogen-bond acceptors (Lipinski definition) is 7. The molecule has 1 aliphatic rings. The summed E-state index contributed by atoms with van der Waals surface area (Å²) in [5.41, 5.74) is 0. The molecule has 0 aromatic carbocycles. The second kappa shape index (κ2) is 12.5. The van der Waals surface area contributed by atoms with Crippen LogP contribution in [0.15, 0.2) is 4.99 Å². The van der Waals surface area contributed by atoms with Gasteiger partial charge < -0.3 is 19.9 Å². The molecule has 1 aromatic heterocycles. The smallest absolute Gasteiger partial charge is 0.305 e. The van der Waals surface area contributed by atoms with Gasteiger partial charge >= 0.3 is 5.97 Å². The predicted octanol–water partition coefficient (Wildman–Crippen LogP) is 2.31. The molecule has 8 nitrogen and oxygen atoms in total. The van der Waals surface area contributed by atoms with Gasteiger partial charge in [0.25, 0.3) is 0 Å². The molecule has 0 unspecified atom stereocenters. The maximum atomic E-state index is 11.1. The zero-order chi connectivity index (χ0) is 20.2. The van der Waals surface area contributed by atoms with Crippen molar-refractivity contribution in [3.05, 3.63) is 5.82 Å². The highest BCUT2D eigenvalue weighted by molar-refractivity contribution is 7.09. The van der Waals surface area contributed by atoms with Crippen LogP contribution in [-0.2, 0) is 16.0 Å². The number of nitrogens with zero attached hydrogens (tertiary/aromatic N) is 5. The van der Waals surface area contributed by atoms with E-state index >= 15 is 0 Å². The van der Waals surface area contributed by atoms with Crippen molar-refractivity contribution in [2.75, 3.05) is 51.3 Å². The lowest BCUT2D eigenvalue weighted by molar-refractivity contribution is -0.140. The van der Waals surface area contributed by atoms with Crippen LogP contribution in [0.3, 0.4) is 0 Å². The maximum absolute atomic E-state index is 11.1. The van der Waals surface area contributed by atoms with E-state index in [0.29, 0.717) is 6.42 Å². The van der Waals surface area contributed by atoms with Crippen molar-refractivity contribution in [1.29, 1.82) is 0 Å². The highest BCUT2D eigenvalue weighted by Crippen LogP contribution is 2.19. The van der Waals surface area contributed by atoms with E-state index < -0.39 is 0 Å². The van der Waals surface area contributed by atoms with Gasteiger partial charge in [-0.1, -0.05) is 19.8 Å². The highest BCUT2D eigenvalue weighted by Gasteiger charge is 2.21. The van der Waals surface area contributed by atoms with Crippen LogP contribution >= 0.6 is 11.5 Å². The van der Waals surface area contributed by atoms with Crippen LogP contribution in [0.4, 0.5) is 5.13 Å². The number of anilines is 1. The number of carbonyl (C=O) groups excluding carboxylic acids is 1. The van der Waals surface area contributed by atoms with E-state index in [0.717, 1.165) is 88.3 Å². The fourth-order valence-corrected chi connectivity index (χ4v) is 3.88. The molecule has 0 bridgehead atoms. The number of carbonyl (C=O) groups is 1. The molecule has 28 heavy (non-hydrogen) atoms. The van der Waals surface area contributed by atoms with E-state index in [1.807, 2.05) is 0 Å². The van der Waals surface area contributed by atoms with Gasteiger partial charge in [0, 0.05) is 63.6 Å². The van der Waals surface area contributed by atoms with Gasteiger partial charge in [-0.05, 0) is 19.8 Å². The van der Waals surface area contributed by atoms with E-state index in [4.69, 9.17) is 4.99 Å². The molecule has 0 saturated carbocycles. The molecule has 1 fully saturated rings. The topological polar surface area (TPSA) is 83.0 Å². The number of esters is 1. The summed E-state index contributed by atoms with van der Waals surface area (Å²) in [7, 11) is 1.44. The molecule has 0 amide bonds. The van der Waals surface area contributed by atoms with Crippen molar-refractivity contribution < 1.29 is 9.53 Å². The molecular weight excluding hydrogens is 376 g/mol. The monoisotopic (exact) mass is 410 g/mol. The first-order chi connectivity index (χ1) is 13.7. The van der Waals surface area contributed by atoms with Crippen molar-refractivity contribution in [2.24, 2.45) is 4.99 Å². The third-order valence-electron chi connectivity index (χ3n) is 4.74. The molecule has 1 aromatic rings. The minimum absolute atomic E-state index is 0.119. The number of aryl methyl sites for hydroxylation is 1. The Kier molecular flexibility index (Phi) is 10.0. The number of unbranched alkanes of at least 4 members (excludes halogenated alkanes) is 3. The quantitative estimate of drug-likeness (QED) is 0.274. The Morgan fingerprint density at radius 3 is 2.57 bits per heavy atom. The number of guanidine groups is 1. The lowest BCUT2D eigenvalue weighted by Crippen LogP contribution is -2.52. The van der Waals surface area contributed by atoms with E-state index in [-0.39, 0.29) is 5.97 Å². The molecule has 0 spiro atoms. The minimum atomic E-state index is -0.119. The first kappa shape index (κ1) is 22.4. The maximum Gasteiger partial charge on any atom is 0.305 e. The Morgan fingerprint density at radius 2 is 1.93 bits per heavy atom. The number of methoxy groups -OCH3 is 1. The number of ether oxygens (including phenoxy) is 1. The average Bonchev–Trinajstić information content (AvgIpc) is 3.21. The summed E-state index contributed by atoms with van der Waals surface area (Å²) < 4.78 is 9.05. The molecule has 1 saturated heterocycles. The Morgan fingerprint density at radius 1 is 1.18 bits per heavy atom. The van der Waals surface area contributed by atoms with Gasteiger partial charge in [0.15, 0.2) is 5.96 Å². The van der Waals surface area contributed by atoms with Crippen molar-refractivity contribution in [3.8, 4) is 0 Å². The Balaban J connectivity index is 1.72. The SMILES string of the molecule is CCNC(=NCCCCCCC(=O)OC)N1CCN(c2nc(CC)ns2)CC1. The van der Waals surface area contributed by atoms with Gasteiger partial charge in [-0.2, -0.15) is 4.37 Å². The lowest BCUT2D eigenvalue weighted by Gasteiger charge is -2.36. The van der Waals surface area contributed by atoms with Gasteiger partial charge in [-0.3, -0.25) is 9.79 Å². The number of hydrogen-bond donors (Lipinski definition) is 1. The molecule has 2 rings (SSSR count). The van der Waals surface area contributed by atoms with Crippen LogP contribution in [0.25, 0.3) is 0 Å². The molecule has 0 atom stereocenters. The lowest BCUT2D eigenvalue weighted by atomic mass is 10.1. The summed E-state index contributed by atoms with van der Waals surface area (Å²) in [6, 6.07) is 0. The first-order valence-electron chi connectivity index (χ1n) is 10.4. The van der Waals surface area contributed by atoms with Crippen LogP contribution in [-0.4, -0.2) is 72.6 Å². The first-order valence-corrected chi connectivity index (χ1v) is 11.1. The van der Waals surface area contributed by atoms with Gasteiger partial charge in [-0.15, -0.1) is 0 Å². The van der Waals surface area contributed by atoms with Crippen molar-refractivity contribution >= 4 is 28.6 Å². The standard InChI is InChI=1S/C19H34N6O2S/c1-4-16-22-19(28-23-16)25-14-12-24(13-15-25)18(20-5-2)21-11-9-7-6-8-10-17(26)27-3/h4-15H2,1-3H3,(H,20,21). The van der Waals surface area contributed by atoms with E-state index in [1.165, 1.54) is 18.6 Å². The second-order valence-electron chi connectivity index (χ2n) is 6.80. The minimum Gasteiger partial charge on any atom is -0.469 e. The van der Waals surface area contributed by atoms with Crippen LogP contribution in [0, 0.1) is 0 Å². The summed E-state index contributed by atoms with van der Waals surface area (Å²) in [5.74, 6) is 1.82. The van der Waals surface area contributed by atoms with Crippen LogP contribution in [0.2, 0.25) is 0 Å². The Hall–Kier alpha value is -1.90. The van der Waals surface area contributed by atoms with Gasteiger partial charge in [0.1, 0.15) is 5.82 Å². The highest BCUT2D eigenvalue weighted by atomic mass is 32.1. The Bertz CT molecular complexity index is 613. The predicted molar refractivity (Wildman–Crippen MR) is 114 cm³/mol. The number of aromatic nitrogens is 2. The fraction of sp³-hybridized carbons (Fsp3) is 0.789. The van der Waals surface area contributed by atoms with E-state index in [2.05, 4.69) is 43.1 Å². The van der Waals surface area contributed by atoms with Crippen LogP contribution in [0.1, 0.15) is 51.8 Å². The van der Waals surface area contributed by atoms with Crippen LogP contribution < -0.4 is 10.2 Å². The fourth-order valence-electron chi connectivity index (χ4n) is 3.07. The second-order valence-corrected chi connectivity index (χ2v) is 7.53. The largest absolute Gasteiger partial charge is 0.469 e. The number of piperazine rings is 1. The third-order valence-corrected chi connectivity index (χ3v) is 5.55. The van der Waals surface area contributed by atoms with Gasteiger partial charge in [0.2, 0.25) is 5.13 Å². The number of aliphatic imine (C=N–C) groups is 1. The van der Waals surface area contributed by atoms with Crippen molar-refractivity contribution in [3.63, 3.8) is 0 Å². The molecule has 0 aliphatic carbocycles. The molecular formula is C19H34N6O2S. The summed E-state index contributed by atoms with van der Waals surface area (Å²) in [6.45, 7) is 9.63. The molecule has 2 heterocycles. The van der Waals surface area contributed by atoms with Crippen molar-refractivity contribution in [1.82, 2.24) is 19.6 Å². The Labute approximate surface area is 172 Å². The average molecular weight is 411 g/mol. The normalized spacial score (nSPS) is 15.0.